The van der Waals surface area contributed by atoms with Crippen molar-refractivity contribution in [1.29, 1.82) is 0 Å². The van der Waals surface area contributed by atoms with Crippen molar-refractivity contribution in [3.63, 3.8) is 0 Å². The van der Waals surface area contributed by atoms with Gasteiger partial charge >= 0.3 is 0 Å². The van der Waals surface area contributed by atoms with Crippen LogP contribution >= 0.6 is 15.9 Å². The predicted molar refractivity (Wildman–Crippen MR) is 75.8 cm³/mol. The highest BCUT2D eigenvalue weighted by Gasteiger charge is 2.07. The first-order chi connectivity index (χ1) is 8.60. The van der Waals surface area contributed by atoms with Crippen molar-refractivity contribution >= 4 is 21.6 Å². The molecular formula is C12H20BrN3O2. The number of rotatable bonds is 7. The number of aliphatic hydroxyl groups excluding tert-OH is 1. The van der Waals surface area contributed by atoms with E-state index in [1.807, 2.05) is 13.8 Å². The first kappa shape index (κ1) is 15.2. The lowest BCUT2D eigenvalue weighted by Gasteiger charge is -2.11. The summed E-state index contributed by atoms with van der Waals surface area (Å²) in [4.78, 5) is 11.8. The molecule has 2 N–H and O–H groups in total. The summed E-state index contributed by atoms with van der Waals surface area (Å²) >= 11 is 3.29. The summed E-state index contributed by atoms with van der Waals surface area (Å²) < 4.78 is 1.93. The van der Waals surface area contributed by atoms with Gasteiger partial charge < -0.3 is 10.4 Å². The van der Waals surface area contributed by atoms with Gasteiger partial charge in [0.15, 0.2) is 0 Å². The van der Waals surface area contributed by atoms with Crippen LogP contribution < -0.4 is 10.9 Å². The number of hydrogen-bond donors (Lipinski definition) is 2. The van der Waals surface area contributed by atoms with Crippen molar-refractivity contribution in [1.82, 2.24) is 9.78 Å². The number of aryl methyl sites for hydroxylation is 1. The van der Waals surface area contributed by atoms with Crippen LogP contribution in [0.25, 0.3) is 0 Å². The fourth-order valence-electron chi connectivity index (χ4n) is 1.58. The highest BCUT2D eigenvalue weighted by Crippen LogP contribution is 2.16. The third-order valence-electron chi connectivity index (χ3n) is 2.79. The van der Waals surface area contributed by atoms with E-state index in [0.717, 1.165) is 25.1 Å². The van der Waals surface area contributed by atoms with E-state index in [9.17, 15) is 4.79 Å². The Kier molecular flexibility index (Phi) is 6.35. The van der Waals surface area contributed by atoms with E-state index in [-0.39, 0.29) is 12.2 Å². The molecule has 5 nitrogen and oxygen atoms in total. The number of hydrogen-bond acceptors (Lipinski definition) is 4. The molecule has 0 aliphatic rings. The molecule has 0 amide bonds. The van der Waals surface area contributed by atoms with Crippen LogP contribution in [0.15, 0.2) is 15.5 Å². The van der Waals surface area contributed by atoms with Crippen molar-refractivity contribution in [2.45, 2.75) is 33.2 Å². The second-order valence-corrected chi connectivity index (χ2v) is 5.14. The van der Waals surface area contributed by atoms with Crippen LogP contribution in [-0.2, 0) is 6.54 Å². The van der Waals surface area contributed by atoms with Crippen LogP contribution in [0.1, 0.15) is 26.7 Å². The summed E-state index contributed by atoms with van der Waals surface area (Å²) in [6.45, 7) is 5.44. The Bertz CT molecular complexity index is 434. The van der Waals surface area contributed by atoms with Crippen LogP contribution in [0.2, 0.25) is 0 Å². The van der Waals surface area contributed by atoms with E-state index >= 15 is 0 Å². The molecule has 1 heterocycles. The van der Waals surface area contributed by atoms with E-state index in [2.05, 4.69) is 26.3 Å². The van der Waals surface area contributed by atoms with Gasteiger partial charge in [-0.3, -0.25) is 4.79 Å². The summed E-state index contributed by atoms with van der Waals surface area (Å²) in [5, 5.41) is 16.1. The molecule has 6 heteroatoms. The lowest BCUT2D eigenvalue weighted by molar-refractivity contribution is 0.229. The highest BCUT2D eigenvalue weighted by molar-refractivity contribution is 9.10. The Morgan fingerprint density at radius 1 is 1.61 bits per heavy atom. The zero-order valence-electron chi connectivity index (χ0n) is 10.8. The average Bonchev–Trinajstić information content (AvgIpc) is 2.39. The number of aliphatic hydroxyl groups is 1. The van der Waals surface area contributed by atoms with Crippen LogP contribution in [0.4, 0.5) is 5.69 Å². The molecule has 0 saturated carbocycles. The largest absolute Gasteiger partial charge is 0.396 e. The first-order valence-corrected chi connectivity index (χ1v) is 6.99. The summed E-state index contributed by atoms with van der Waals surface area (Å²) in [6, 6.07) is 0. The lowest BCUT2D eigenvalue weighted by Crippen LogP contribution is -2.23. The SMILES string of the molecule is CCn1ncc(NCCCC(C)CO)c(Br)c1=O. The van der Waals surface area contributed by atoms with Gasteiger partial charge in [-0.2, -0.15) is 5.10 Å². The summed E-state index contributed by atoms with van der Waals surface area (Å²) in [5.74, 6) is 0.321. The monoisotopic (exact) mass is 317 g/mol. The van der Waals surface area contributed by atoms with E-state index in [1.165, 1.54) is 4.68 Å². The molecule has 18 heavy (non-hydrogen) atoms. The molecule has 0 bridgehead atoms. The Morgan fingerprint density at radius 3 is 2.94 bits per heavy atom. The number of aromatic nitrogens is 2. The van der Waals surface area contributed by atoms with Crippen LogP contribution in [0, 0.1) is 5.92 Å². The van der Waals surface area contributed by atoms with E-state index in [1.54, 1.807) is 6.20 Å². The van der Waals surface area contributed by atoms with E-state index in [4.69, 9.17) is 5.11 Å². The molecule has 0 spiro atoms. The predicted octanol–water partition coefficient (Wildman–Crippen LogP) is 1.85. The van der Waals surface area contributed by atoms with Crippen molar-refractivity contribution < 1.29 is 5.11 Å². The fourth-order valence-corrected chi connectivity index (χ4v) is 2.03. The third-order valence-corrected chi connectivity index (χ3v) is 3.55. The number of nitrogens with one attached hydrogen (secondary N) is 1. The quantitative estimate of drug-likeness (QED) is 0.753. The van der Waals surface area contributed by atoms with Crippen molar-refractivity contribution in [2.75, 3.05) is 18.5 Å². The Morgan fingerprint density at radius 2 is 2.33 bits per heavy atom. The lowest BCUT2D eigenvalue weighted by atomic mass is 10.1. The van der Waals surface area contributed by atoms with Gasteiger partial charge in [0.1, 0.15) is 4.47 Å². The normalized spacial score (nSPS) is 12.4. The smallest absolute Gasteiger partial charge is 0.283 e. The molecule has 1 aromatic rings. The minimum Gasteiger partial charge on any atom is -0.396 e. The van der Waals surface area contributed by atoms with Crippen molar-refractivity contribution in [3.8, 4) is 0 Å². The molecular weight excluding hydrogens is 298 g/mol. The van der Waals surface area contributed by atoms with Crippen LogP contribution in [-0.4, -0.2) is 28.0 Å². The van der Waals surface area contributed by atoms with Gasteiger partial charge in [0, 0.05) is 19.7 Å². The third kappa shape index (κ3) is 4.10. The summed E-state index contributed by atoms with van der Waals surface area (Å²) in [6.07, 6.45) is 3.57. The van der Waals surface area contributed by atoms with Gasteiger partial charge in [0.05, 0.1) is 11.9 Å². The highest BCUT2D eigenvalue weighted by atomic mass is 79.9. The van der Waals surface area contributed by atoms with E-state index < -0.39 is 0 Å². The minimum absolute atomic E-state index is 0.119. The Labute approximate surface area is 115 Å². The average molecular weight is 318 g/mol. The molecule has 1 rings (SSSR count). The zero-order chi connectivity index (χ0) is 13.5. The van der Waals surface area contributed by atoms with Crippen molar-refractivity contribution in [3.05, 3.63) is 21.0 Å². The molecule has 1 unspecified atom stereocenters. The molecule has 1 aromatic heterocycles. The maximum atomic E-state index is 11.8. The molecule has 0 aromatic carbocycles. The molecule has 0 saturated heterocycles. The van der Waals surface area contributed by atoms with Gasteiger partial charge in [-0.25, -0.2) is 4.68 Å². The molecule has 1 atom stereocenters. The number of anilines is 1. The Hall–Kier alpha value is -0.880. The molecule has 0 aliphatic carbocycles. The van der Waals surface area contributed by atoms with Gasteiger partial charge in [0.2, 0.25) is 0 Å². The van der Waals surface area contributed by atoms with Gasteiger partial charge in [0.25, 0.3) is 5.56 Å². The van der Waals surface area contributed by atoms with Crippen LogP contribution in [0.3, 0.4) is 0 Å². The standard InChI is InChI=1S/C12H20BrN3O2/c1-3-16-12(18)11(13)10(7-15-16)14-6-4-5-9(2)8-17/h7,9,14,17H,3-6,8H2,1-2H3. The first-order valence-electron chi connectivity index (χ1n) is 6.20. The second kappa shape index (κ2) is 7.53. The second-order valence-electron chi connectivity index (χ2n) is 4.35. The molecule has 102 valence electrons. The minimum atomic E-state index is -0.119. The summed E-state index contributed by atoms with van der Waals surface area (Å²) in [5.41, 5.74) is 0.604. The number of nitrogens with zero attached hydrogens (tertiary/aromatic N) is 2. The van der Waals surface area contributed by atoms with Gasteiger partial charge in [-0.05, 0) is 41.6 Å². The zero-order valence-corrected chi connectivity index (χ0v) is 12.4. The maximum absolute atomic E-state index is 11.8. The molecule has 0 fully saturated rings. The van der Waals surface area contributed by atoms with Gasteiger partial charge in [-0.1, -0.05) is 6.92 Å². The molecule has 0 radical (unpaired) electrons. The van der Waals surface area contributed by atoms with E-state index in [0.29, 0.717) is 16.9 Å². The molecule has 0 aliphatic heterocycles. The fraction of sp³-hybridized carbons (Fsp3) is 0.667. The van der Waals surface area contributed by atoms with Crippen molar-refractivity contribution in [2.24, 2.45) is 5.92 Å². The summed E-state index contributed by atoms with van der Waals surface area (Å²) in [7, 11) is 0. The maximum Gasteiger partial charge on any atom is 0.283 e. The van der Waals surface area contributed by atoms with Crippen LogP contribution in [0.5, 0.6) is 0 Å². The Balaban J connectivity index is 2.53. The number of halogens is 1. The van der Waals surface area contributed by atoms with Gasteiger partial charge in [-0.15, -0.1) is 0 Å². The topological polar surface area (TPSA) is 67.2 Å².